The van der Waals surface area contributed by atoms with Crippen LogP contribution in [0.5, 0.6) is 0 Å². The number of hydrogen-bond acceptors (Lipinski definition) is 1. The van der Waals surface area contributed by atoms with Crippen molar-refractivity contribution in [1.29, 1.82) is 0 Å². The van der Waals surface area contributed by atoms with Gasteiger partial charge in [-0.3, -0.25) is 0 Å². The van der Waals surface area contributed by atoms with Crippen LogP contribution < -0.4 is 0 Å². The van der Waals surface area contributed by atoms with Crippen LogP contribution >= 0.6 is 0 Å². The fraction of sp³-hybridized carbons (Fsp3) is 0.538. The van der Waals surface area contributed by atoms with Crippen LogP contribution in [-0.4, -0.2) is 11.7 Å². The van der Waals surface area contributed by atoms with Crippen molar-refractivity contribution in [2.24, 2.45) is 11.8 Å². The average molecular weight is 190 g/mol. The molecule has 0 unspecified atom stereocenters. The summed E-state index contributed by atoms with van der Waals surface area (Å²) in [6.07, 6.45) is 4.97. The Hall–Kier alpha value is -0.820. The Morgan fingerprint density at radius 1 is 1.07 bits per heavy atom. The maximum atomic E-state index is 8.89. The van der Waals surface area contributed by atoms with Crippen molar-refractivity contribution in [3.63, 3.8) is 0 Å². The van der Waals surface area contributed by atoms with Crippen LogP contribution in [0.1, 0.15) is 24.8 Å². The summed E-state index contributed by atoms with van der Waals surface area (Å²) in [7, 11) is 0. The second kappa shape index (κ2) is 4.61. The fourth-order valence-corrected chi connectivity index (χ4v) is 2.27. The predicted octanol–water partition coefficient (Wildman–Crippen LogP) is 2.64. The molecule has 0 heterocycles. The Morgan fingerprint density at radius 3 is 2.43 bits per heavy atom. The highest BCUT2D eigenvalue weighted by Gasteiger charge is 2.27. The fourth-order valence-electron chi connectivity index (χ4n) is 2.27. The van der Waals surface area contributed by atoms with E-state index in [1.165, 1.54) is 31.2 Å². The van der Waals surface area contributed by atoms with E-state index in [1.807, 2.05) is 0 Å². The first kappa shape index (κ1) is 9.72. The lowest BCUT2D eigenvalue weighted by molar-refractivity contribution is 0.102. The van der Waals surface area contributed by atoms with E-state index in [-0.39, 0.29) is 0 Å². The Kier molecular flexibility index (Phi) is 3.20. The van der Waals surface area contributed by atoms with Gasteiger partial charge in [-0.1, -0.05) is 30.3 Å². The van der Waals surface area contributed by atoms with Gasteiger partial charge in [0.2, 0.25) is 0 Å². The van der Waals surface area contributed by atoms with Crippen LogP contribution in [0.2, 0.25) is 0 Å². The van der Waals surface area contributed by atoms with Gasteiger partial charge >= 0.3 is 0 Å². The third-order valence-corrected chi connectivity index (χ3v) is 3.28. The summed E-state index contributed by atoms with van der Waals surface area (Å²) in [5.41, 5.74) is 1.44. The molecule has 1 aliphatic rings. The van der Waals surface area contributed by atoms with Crippen molar-refractivity contribution in [3.8, 4) is 0 Å². The maximum Gasteiger partial charge on any atom is 0.0459 e. The van der Waals surface area contributed by atoms with Gasteiger partial charge in [0.15, 0.2) is 0 Å². The predicted molar refractivity (Wildman–Crippen MR) is 58.1 cm³/mol. The molecule has 0 saturated heterocycles. The summed E-state index contributed by atoms with van der Waals surface area (Å²) >= 11 is 0. The molecule has 1 fully saturated rings. The van der Waals surface area contributed by atoms with Crippen LogP contribution in [0.25, 0.3) is 0 Å². The van der Waals surface area contributed by atoms with Crippen molar-refractivity contribution in [1.82, 2.24) is 0 Å². The summed E-state index contributed by atoms with van der Waals surface area (Å²) in [4.78, 5) is 0. The van der Waals surface area contributed by atoms with Crippen molar-refractivity contribution in [2.75, 3.05) is 6.61 Å². The zero-order chi connectivity index (χ0) is 9.80. The zero-order valence-corrected chi connectivity index (χ0v) is 8.52. The third kappa shape index (κ3) is 2.36. The molecule has 2 rings (SSSR count). The molecule has 1 aromatic rings. The average Bonchev–Trinajstić information content (AvgIpc) is 2.17. The molecule has 1 aromatic carbocycles. The van der Waals surface area contributed by atoms with E-state index in [1.54, 1.807) is 0 Å². The minimum absolute atomic E-state index is 0.391. The molecule has 14 heavy (non-hydrogen) atoms. The van der Waals surface area contributed by atoms with E-state index in [9.17, 15) is 0 Å². The van der Waals surface area contributed by atoms with Gasteiger partial charge in [-0.15, -0.1) is 0 Å². The lowest BCUT2D eigenvalue weighted by atomic mass is 9.73. The Morgan fingerprint density at radius 2 is 1.79 bits per heavy atom. The lowest BCUT2D eigenvalue weighted by Gasteiger charge is -2.34. The molecule has 0 atom stereocenters. The van der Waals surface area contributed by atoms with E-state index in [4.69, 9.17) is 5.11 Å². The van der Waals surface area contributed by atoms with E-state index in [0.717, 1.165) is 5.92 Å². The molecular weight excluding hydrogens is 172 g/mol. The van der Waals surface area contributed by atoms with Crippen LogP contribution in [0.3, 0.4) is 0 Å². The zero-order valence-electron chi connectivity index (χ0n) is 8.52. The SMILES string of the molecule is OCC1CC(CCc2ccccc2)C1. The minimum Gasteiger partial charge on any atom is -0.396 e. The monoisotopic (exact) mass is 190 g/mol. The smallest absolute Gasteiger partial charge is 0.0459 e. The van der Waals surface area contributed by atoms with Crippen LogP contribution in [0.15, 0.2) is 30.3 Å². The second-order valence-electron chi connectivity index (χ2n) is 4.41. The first-order chi connectivity index (χ1) is 6.88. The van der Waals surface area contributed by atoms with Gasteiger partial charge in [0, 0.05) is 6.61 Å². The lowest BCUT2D eigenvalue weighted by Crippen LogP contribution is -2.26. The highest BCUT2D eigenvalue weighted by Crippen LogP contribution is 2.36. The highest BCUT2D eigenvalue weighted by molar-refractivity contribution is 5.14. The van der Waals surface area contributed by atoms with Gasteiger partial charge in [-0.25, -0.2) is 0 Å². The van der Waals surface area contributed by atoms with Gasteiger partial charge < -0.3 is 5.11 Å². The highest BCUT2D eigenvalue weighted by atomic mass is 16.3. The van der Waals surface area contributed by atoms with Crippen LogP contribution in [-0.2, 0) is 6.42 Å². The van der Waals surface area contributed by atoms with E-state index >= 15 is 0 Å². The van der Waals surface area contributed by atoms with Gasteiger partial charge in [0.05, 0.1) is 0 Å². The molecule has 76 valence electrons. The van der Waals surface area contributed by atoms with Crippen LogP contribution in [0.4, 0.5) is 0 Å². The van der Waals surface area contributed by atoms with E-state index < -0.39 is 0 Å². The molecule has 0 spiro atoms. The van der Waals surface area contributed by atoms with Gasteiger partial charge in [-0.2, -0.15) is 0 Å². The van der Waals surface area contributed by atoms with Gasteiger partial charge in [0.1, 0.15) is 0 Å². The van der Waals surface area contributed by atoms with Gasteiger partial charge in [0.25, 0.3) is 0 Å². The third-order valence-electron chi connectivity index (χ3n) is 3.28. The number of hydrogen-bond donors (Lipinski definition) is 1. The molecule has 0 bridgehead atoms. The number of aliphatic hydroxyl groups excluding tert-OH is 1. The first-order valence-corrected chi connectivity index (χ1v) is 5.53. The van der Waals surface area contributed by atoms with E-state index in [2.05, 4.69) is 30.3 Å². The Labute approximate surface area is 85.8 Å². The first-order valence-electron chi connectivity index (χ1n) is 5.53. The molecule has 1 aliphatic carbocycles. The summed E-state index contributed by atoms with van der Waals surface area (Å²) in [5.74, 6) is 1.48. The van der Waals surface area contributed by atoms with Crippen molar-refractivity contribution >= 4 is 0 Å². The molecule has 0 amide bonds. The van der Waals surface area contributed by atoms with Crippen molar-refractivity contribution in [3.05, 3.63) is 35.9 Å². The Bertz CT molecular complexity index is 262. The topological polar surface area (TPSA) is 20.2 Å². The molecule has 1 N–H and O–H groups in total. The number of benzene rings is 1. The summed E-state index contributed by atoms with van der Waals surface area (Å²) in [6, 6.07) is 10.7. The van der Waals surface area contributed by atoms with E-state index in [0.29, 0.717) is 12.5 Å². The molecule has 1 nitrogen and oxygen atoms in total. The largest absolute Gasteiger partial charge is 0.396 e. The minimum atomic E-state index is 0.391. The number of rotatable bonds is 4. The maximum absolute atomic E-state index is 8.89. The number of aliphatic hydroxyl groups is 1. The molecule has 1 heteroatoms. The normalized spacial score (nSPS) is 25.8. The van der Waals surface area contributed by atoms with Crippen LogP contribution in [0, 0.1) is 11.8 Å². The van der Waals surface area contributed by atoms with Gasteiger partial charge in [-0.05, 0) is 43.1 Å². The molecule has 0 aliphatic heterocycles. The Balaban J connectivity index is 1.69. The number of aryl methyl sites for hydroxylation is 1. The van der Waals surface area contributed by atoms with Crippen molar-refractivity contribution < 1.29 is 5.11 Å². The summed E-state index contributed by atoms with van der Waals surface area (Å²) < 4.78 is 0. The standard InChI is InChI=1S/C13H18O/c14-10-13-8-12(9-13)7-6-11-4-2-1-3-5-11/h1-5,12-14H,6-10H2. The molecule has 0 aromatic heterocycles. The molecular formula is C13H18O. The quantitative estimate of drug-likeness (QED) is 0.774. The van der Waals surface area contributed by atoms with Crippen molar-refractivity contribution in [2.45, 2.75) is 25.7 Å². The summed E-state index contributed by atoms with van der Waals surface area (Å²) in [5, 5.41) is 8.89. The summed E-state index contributed by atoms with van der Waals surface area (Å²) in [6.45, 7) is 0.391. The second-order valence-corrected chi connectivity index (χ2v) is 4.41. The molecule has 0 radical (unpaired) electrons. The molecule has 1 saturated carbocycles.